The van der Waals surface area contributed by atoms with E-state index < -0.39 is 0 Å². The molecule has 1 aromatic carbocycles. The molecule has 3 nitrogen and oxygen atoms in total. The van der Waals surface area contributed by atoms with Crippen molar-refractivity contribution in [3.8, 4) is 11.6 Å². The fourth-order valence-electron chi connectivity index (χ4n) is 1.59. The van der Waals surface area contributed by atoms with Gasteiger partial charge in [0.1, 0.15) is 5.75 Å². The molecule has 0 bridgehead atoms. The number of halogens is 1. The molecule has 0 saturated heterocycles. The van der Waals surface area contributed by atoms with Crippen molar-refractivity contribution in [2.75, 3.05) is 0 Å². The predicted molar refractivity (Wildman–Crippen MR) is 71.2 cm³/mol. The Labute approximate surface area is 111 Å². The minimum Gasteiger partial charge on any atom is -0.439 e. The molecule has 1 N–H and O–H groups in total. The Kier molecular flexibility index (Phi) is 3.84. The van der Waals surface area contributed by atoms with Gasteiger partial charge in [0, 0.05) is 16.8 Å². The smallest absolute Gasteiger partial charge is 0.219 e. The van der Waals surface area contributed by atoms with Gasteiger partial charge in [0.2, 0.25) is 5.88 Å². The molecular formula is C14H14ClNO2. The molecule has 4 heteroatoms. The van der Waals surface area contributed by atoms with Gasteiger partial charge in [-0.05, 0) is 43.2 Å². The van der Waals surface area contributed by atoms with Crippen molar-refractivity contribution in [2.24, 2.45) is 0 Å². The third-order valence-corrected chi connectivity index (χ3v) is 2.94. The van der Waals surface area contributed by atoms with E-state index in [0.29, 0.717) is 16.7 Å². The molecule has 0 aliphatic rings. The Morgan fingerprint density at radius 1 is 1.22 bits per heavy atom. The number of aromatic nitrogens is 1. The SMILES string of the molecule is Cc1ccc(Cl)cc1Oc1ccc(CO)c(C)n1. The van der Waals surface area contributed by atoms with E-state index in [1.54, 1.807) is 18.2 Å². The fourth-order valence-corrected chi connectivity index (χ4v) is 1.75. The van der Waals surface area contributed by atoms with Crippen molar-refractivity contribution in [3.63, 3.8) is 0 Å². The third kappa shape index (κ3) is 2.81. The van der Waals surface area contributed by atoms with Crippen LogP contribution < -0.4 is 4.74 Å². The highest BCUT2D eigenvalue weighted by Gasteiger charge is 2.05. The Morgan fingerprint density at radius 3 is 2.67 bits per heavy atom. The molecule has 0 aliphatic carbocycles. The number of aliphatic hydroxyl groups excluding tert-OH is 1. The van der Waals surface area contributed by atoms with Gasteiger partial charge in [-0.1, -0.05) is 17.7 Å². The summed E-state index contributed by atoms with van der Waals surface area (Å²) in [6, 6.07) is 9.01. The van der Waals surface area contributed by atoms with E-state index in [9.17, 15) is 0 Å². The number of hydrogen-bond acceptors (Lipinski definition) is 3. The van der Waals surface area contributed by atoms with Gasteiger partial charge in [-0.2, -0.15) is 0 Å². The molecule has 18 heavy (non-hydrogen) atoms. The summed E-state index contributed by atoms with van der Waals surface area (Å²) >= 11 is 5.93. The highest BCUT2D eigenvalue weighted by atomic mass is 35.5. The Hall–Kier alpha value is -1.58. The van der Waals surface area contributed by atoms with Crippen LogP contribution in [0, 0.1) is 13.8 Å². The van der Waals surface area contributed by atoms with Gasteiger partial charge in [0.25, 0.3) is 0 Å². The van der Waals surface area contributed by atoms with Crippen LogP contribution in [0.1, 0.15) is 16.8 Å². The molecule has 2 aromatic rings. The number of rotatable bonds is 3. The first kappa shape index (κ1) is 12.9. The molecule has 0 fully saturated rings. The summed E-state index contributed by atoms with van der Waals surface area (Å²) in [7, 11) is 0. The second kappa shape index (κ2) is 5.38. The zero-order valence-electron chi connectivity index (χ0n) is 10.3. The zero-order valence-corrected chi connectivity index (χ0v) is 11.0. The van der Waals surface area contributed by atoms with Crippen molar-refractivity contribution >= 4 is 11.6 Å². The molecule has 1 heterocycles. The van der Waals surface area contributed by atoms with Crippen molar-refractivity contribution in [2.45, 2.75) is 20.5 Å². The fraction of sp³-hybridized carbons (Fsp3) is 0.214. The molecule has 0 aliphatic heterocycles. The second-order valence-electron chi connectivity index (χ2n) is 4.06. The summed E-state index contributed by atoms with van der Waals surface area (Å²) < 4.78 is 5.69. The Morgan fingerprint density at radius 2 is 2.00 bits per heavy atom. The van der Waals surface area contributed by atoms with Crippen molar-refractivity contribution in [1.29, 1.82) is 0 Å². The summed E-state index contributed by atoms with van der Waals surface area (Å²) in [5.74, 6) is 1.18. The average molecular weight is 264 g/mol. The van der Waals surface area contributed by atoms with Crippen LogP contribution in [0.25, 0.3) is 0 Å². The maximum atomic E-state index is 9.08. The highest BCUT2D eigenvalue weighted by molar-refractivity contribution is 6.30. The topological polar surface area (TPSA) is 42.4 Å². The van der Waals surface area contributed by atoms with Crippen LogP contribution in [0.4, 0.5) is 0 Å². The molecule has 0 amide bonds. The molecule has 94 valence electrons. The van der Waals surface area contributed by atoms with Crippen LogP contribution in [0.3, 0.4) is 0 Å². The summed E-state index contributed by atoms with van der Waals surface area (Å²) in [5.41, 5.74) is 2.55. The van der Waals surface area contributed by atoms with Crippen LogP contribution in [-0.2, 0) is 6.61 Å². The normalized spacial score (nSPS) is 10.4. The largest absolute Gasteiger partial charge is 0.439 e. The predicted octanol–water partition coefficient (Wildman–Crippen LogP) is 3.64. The lowest BCUT2D eigenvalue weighted by molar-refractivity contribution is 0.280. The molecule has 1 aromatic heterocycles. The zero-order chi connectivity index (χ0) is 13.1. The first-order chi connectivity index (χ1) is 8.60. The Bertz CT molecular complexity index is 570. The van der Waals surface area contributed by atoms with Crippen LogP contribution in [-0.4, -0.2) is 10.1 Å². The molecule has 0 atom stereocenters. The van der Waals surface area contributed by atoms with Crippen molar-refractivity contribution in [1.82, 2.24) is 4.98 Å². The molecule has 0 radical (unpaired) electrons. The molecule has 2 rings (SSSR count). The summed E-state index contributed by atoms with van der Waals surface area (Å²) in [4.78, 5) is 4.28. The number of aryl methyl sites for hydroxylation is 2. The monoisotopic (exact) mass is 263 g/mol. The minimum absolute atomic E-state index is 0.0185. The average Bonchev–Trinajstić information content (AvgIpc) is 2.34. The summed E-state index contributed by atoms with van der Waals surface area (Å²) in [5, 5.41) is 9.71. The van der Waals surface area contributed by atoms with Gasteiger partial charge in [-0.15, -0.1) is 0 Å². The highest BCUT2D eigenvalue weighted by Crippen LogP contribution is 2.27. The number of aliphatic hydroxyl groups is 1. The molecule has 0 unspecified atom stereocenters. The minimum atomic E-state index is -0.0185. The standard InChI is InChI=1S/C14H14ClNO2/c1-9-3-5-12(15)7-13(9)18-14-6-4-11(8-17)10(2)16-14/h3-7,17H,8H2,1-2H3. The van der Waals surface area contributed by atoms with Crippen molar-refractivity contribution in [3.05, 3.63) is 52.2 Å². The van der Waals surface area contributed by atoms with E-state index >= 15 is 0 Å². The summed E-state index contributed by atoms with van der Waals surface area (Å²) in [6.07, 6.45) is 0. The van der Waals surface area contributed by atoms with Crippen LogP contribution >= 0.6 is 11.6 Å². The van der Waals surface area contributed by atoms with Gasteiger partial charge in [0.05, 0.1) is 6.61 Å². The maximum Gasteiger partial charge on any atom is 0.219 e. The van der Waals surface area contributed by atoms with E-state index in [-0.39, 0.29) is 6.61 Å². The third-order valence-electron chi connectivity index (χ3n) is 2.70. The van der Waals surface area contributed by atoms with Crippen LogP contribution in [0.5, 0.6) is 11.6 Å². The number of nitrogens with zero attached hydrogens (tertiary/aromatic N) is 1. The number of benzene rings is 1. The van der Waals surface area contributed by atoms with Gasteiger partial charge < -0.3 is 9.84 Å². The molecule has 0 spiro atoms. The first-order valence-electron chi connectivity index (χ1n) is 5.61. The van der Waals surface area contributed by atoms with Gasteiger partial charge >= 0.3 is 0 Å². The van der Waals surface area contributed by atoms with E-state index in [2.05, 4.69) is 4.98 Å². The first-order valence-corrected chi connectivity index (χ1v) is 5.99. The lowest BCUT2D eigenvalue weighted by atomic mass is 10.2. The number of pyridine rings is 1. The van der Waals surface area contributed by atoms with Gasteiger partial charge in [-0.3, -0.25) is 0 Å². The van der Waals surface area contributed by atoms with E-state index in [1.807, 2.05) is 26.0 Å². The Balaban J connectivity index is 2.28. The quantitative estimate of drug-likeness (QED) is 0.919. The maximum absolute atomic E-state index is 9.08. The van der Waals surface area contributed by atoms with Crippen LogP contribution in [0.15, 0.2) is 30.3 Å². The van der Waals surface area contributed by atoms with E-state index in [0.717, 1.165) is 16.8 Å². The van der Waals surface area contributed by atoms with E-state index in [1.165, 1.54) is 0 Å². The molecule has 0 saturated carbocycles. The number of hydrogen-bond donors (Lipinski definition) is 1. The summed E-state index contributed by atoms with van der Waals surface area (Å²) in [6.45, 7) is 3.76. The van der Waals surface area contributed by atoms with Crippen molar-refractivity contribution < 1.29 is 9.84 Å². The molecular weight excluding hydrogens is 250 g/mol. The lowest BCUT2D eigenvalue weighted by Crippen LogP contribution is -1.96. The van der Waals surface area contributed by atoms with Gasteiger partial charge in [-0.25, -0.2) is 4.98 Å². The second-order valence-corrected chi connectivity index (χ2v) is 4.50. The van der Waals surface area contributed by atoms with Crippen LogP contribution in [0.2, 0.25) is 5.02 Å². The lowest BCUT2D eigenvalue weighted by Gasteiger charge is -2.10. The van der Waals surface area contributed by atoms with Gasteiger partial charge in [0.15, 0.2) is 0 Å². The number of ether oxygens (including phenoxy) is 1. The van der Waals surface area contributed by atoms with E-state index in [4.69, 9.17) is 21.4 Å².